The molecule has 0 aliphatic heterocycles. The molecule has 0 aliphatic rings. The van der Waals surface area contributed by atoms with Crippen molar-refractivity contribution in [3.05, 3.63) is 29.8 Å². The van der Waals surface area contributed by atoms with Gasteiger partial charge in [0, 0.05) is 20.3 Å². The number of carbonyl (C=O) groups excluding carboxylic acids is 1. The number of tetrazole rings is 1. The summed E-state index contributed by atoms with van der Waals surface area (Å²) >= 11 is 1.31. The van der Waals surface area contributed by atoms with Gasteiger partial charge in [0.1, 0.15) is 0 Å². The van der Waals surface area contributed by atoms with Crippen LogP contribution >= 0.6 is 11.8 Å². The Morgan fingerprint density at radius 2 is 2.32 bits per heavy atom. The van der Waals surface area contributed by atoms with Crippen molar-refractivity contribution >= 4 is 17.7 Å². The largest absolute Gasteiger partial charge is 0.385 e. The summed E-state index contributed by atoms with van der Waals surface area (Å²) in [6.07, 6.45) is 0.800. The third-order valence-electron chi connectivity index (χ3n) is 2.87. The second-order valence-electron chi connectivity index (χ2n) is 4.70. The predicted molar refractivity (Wildman–Crippen MR) is 84.1 cm³/mol. The van der Waals surface area contributed by atoms with E-state index in [9.17, 15) is 4.79 Å². The van der Waals surface area contributed by atoms with Crippen LogP contribution in [0, 0.1) is 6.92 Å². The molecule has 1 amide bonds. The van der Waals surface area contributed by atoms with Gasteiger partial charge in [-0.05, 0) is 41.5 Å². The monoisotopic (exact) mass is 321 g/mol. The van der Waals surface area contributed by atoms with E-state index >= 15 is 0 Å². The Morgan fingerprint density at radius 1 is 1.45 bits per heavy atom. The lowest BCUT2D eigenvalue weighted by atomic mass is 10.2. The lowest BCUT2D eigenvalue weighted by Gasteiger charge is -2.06. The highest BCUT2D eigenvalue weighted by Gasteiger charge is 2.11. The highest BCUT2D eigenvalue weighted by molar-refractivity contribution is 7.99. The highest BCUT2D eigenvalue weighted by atomic mass is 32.2. The minimum Gasteiger partial charge on any atom is -0.385 e. The van der Waals surface area contributed by atoms with Crippen LogP contribution in [-0.4, -0.2) is 52.1 Å². The van der Waals surface area contributed by atoms with Gasteiger partial charge in [-0.15, -0.1) is 5.10 Å². The lowest BCUT2D eigenvalue weighted by Crippen LogP contribution is -2.26. The first-order chi connectivity index (χ1) is 10.7. The maximum Gasteiger partial charge on any atom is 0.230 e. The fraction of sp³-hybridized carbons (Fsp3) is 0.429. The first-order valence-corrected chi connectivity index (χ1v) is 7.93. The molecule has 7 nitrogen and oxygen atoms in total. The van der Waals surface area contributed by atoms with Crippen molar-refractivity contribution in [1.29, 1.82) is 0 Å². The molecule has 0 unspecified atom stereocenters. The van der Waals surface area contributed by atoms with Gasteiger partial charge in [-0.3, -0.25) is 4.79 Å². The van der Waals surface area contributed by atoms with Gasteiger partial charge in [0.25, 0.3) is 0 Å². The Bertz CT molecular complexity index is 617. The summed E-state index contributed by atoms with van der Waals surface area (Å²) in [4.78, 5) is 11.8. The fourth-order valence-corrected chi connectivity index (χ4v) is 2.54. The lowest BCUT2D eigenvalue weighted by molar-refractivity contribution is -0.118. The molecule has 0 saturated carbocycles. The molecule has 2 aromatic rings. The van der Waals surface area contributed by atoms with Gasteiger partial charge in [0.15, 0.2) is 0 Å². The summed E-state index contributed by atoms with van der Waals surface area (Å²) in [7, 11) is 1.64. The van der Waals surface area contributed by atoms with Gasteiger partial charge in [-0.1, -0.05) is 23.9 Å². The molecular formula is C14H19N5O2S. The molecule has 1 aromatic heterocycles. The second-order valence-corrected chi connectivity index (χ2v) is 5.64. The molecule has 0 radical (unpaired) electrons. The number of benzene rings is 1. The molecule has 22 heavy (non-hydrogen) atoms. The van der Waals surface area contributed by atoms with Gasteiger partial charge in [0.2, 0.25) is 11.1 Å². The Balaban J connectivity index is 1.89. The summed E-state index contributed by atoms with van der Waals surface area (Å²) in [6, 6.07) is 7.88. The molecule has 8 heteroatoms. The van der Waals surface area contributed by atoms with Crippen molar-refractivity contribution < 1.29 is 9.53 Å². The summed E-state index contributed by atoms with van der Waals surface area (Å²) in [5, 5.41) is 15.1. The van der Waals surface area contributed by atoms with Crippen molar-refractivity contribution in [2.45, 2.75) is 18.5 Å². The standard InChI is InChI=1S/C14H19N5O2S/c1-11-5-3-6-12(9-11)19-14(16-17-18-19)22-10-13(20)15-7-4-8-21-2/h3,5-6,9H,4,7-8,10H2,1-2H3,(H,15,20). The minimum absolute atomic E-state index is 0.0418. The highest BCUT2D eigenvalue weighted by Crippen LogP contribution is 2.18. The van der Waals surface area contributed by atoms with Crippen LogP contribution in [0.1, 0.15) is 12.0 Å². The van der Waals surface area contributed by atoms with Gasteiger partial charge in [0.05, 0.1) is 11.4 Å². The van der Waals surface area contributed by atoms with E-state index in [0.29, 0.717) is 18.3 Å². The van der Waals surface area contributed by atoms with Crippen molar-refractivity contribution in [2.24, 2.45) is 0 Å². The Hall–Kier alpha value is -1.93. The van der Waals surface area contributed by atoms with Gasteiger partial charge in [-0.2, -0.15) is 4.68 Å². The maximum absolute atomic E-state index is 11.8. The van der Waals surface area contributed by atoms with Crippen LogP contribution in [0.15, 0.2) is 29.4 Å². The zero-order chi connectivity index (χ0) is 15.8. The van der Waals surface area contributed by atoms with Crippen LogP contribution in [0.3, 0.4) is 0 Å². The molecule has 0 aliphatic carbocycles. The number of carbonyl (C=O) groups is 1. The van der Waals surface area contributed by atoms with Crippen molar-refractivity contribution in [3.8, 4) is 5.69 Å². The van der Waals surface area contributed by atoms with Crippen LogP contribution < -0.4 is 5.32 Å². The fourth-order valence-electron chi connectivity index (χ4n) is 1.82. The average molecular weight is 321 g/mol. The van der Waals surface area contributed by atoms with Crippen LogP contribution in [0.2, 0.25) is 0 Å². The number of hydrogen-bond acceptors (Lipinski definition) is 6. The molecular weight excluding hydrogens is 302 g/mol. The van der Waals surface area contributed by atoms with Crippen LogP contribution in [0.4, 0.5) is 0 Å². The van der Waals surface area contributed by atoms with Crippen molar-refractivity contribution in [3.63, 3.8) is 0 Å². The zero-order valence-corrected chi connectivity index (χ0v) is 13.5. The molecule has 0 spiro atoms. The summed E-state index contributed by atoms with van der Waals surface area (Å²) in [5.41, 5.74) is 2.01. The molecule has 0 fully saturated rings. The molecule has 118 valence electrons. The van der Waals surface area contributed by atoms with Gasteiger partial charge in [-0.25, -0.2) is 0 Å². The molecule has 2 rings (SSSR count). The molecule has 0 atom stereocenters. The normalized spacial score (nSPS) is 10.6. The molecule has 0 saturated heterocycles. The van der Waals surface area contributed by atoms with Gasteiger partial charge < -0.3 is 10.1 Å². The van der Waals surface area contributed by atoms with E-state index in [1.54, 1.807) is 11.8 Å². The zero-order valence-electron chi connectivity index (χ0n) is 12.7. The van der Waals surface area contributed by atoms with E-state index in [2.05, 4.69) is 20.8 Å². The average Bonchev–Trinajstić information content (AvgIpc) is 2.98. The van der Waals surface area contributed by atoms with E-state index in [-0.39, 0.29) is 11.7 Å². The Kier molecular flexibility index (Phi) is 6.35. The SMILES string of the molecule is COCCCNC(=O)CSc1nnnn1-c1cccc(C)c1. The molecule has 0 bridgehead atoms. The molecule has 1 N–H and O–H groups in total. The second kappa shape index (κ2) is 8.50. The van der Waals surface area contributed by atoms with E-state index in [1.165, 1.54) is 11.8 Å². The Labute approximate surface area is 133 Å². The van der Waals surface area contributed by atoms with Crippen LogP contribution in [0.5, 0.6) is 0 Å². The van der Waals surface area contributed by atoms with Crippen LogP contribution in [-0.2, 0) is 9.53 Å². The maximum atomic E-state index is 11.8. The van der Waals surface area contributed by atoms with Crippen molar-refractivity contribution in [2.75, 3.05) is 26.0 Å². The number of ether oxygens (including phenoxy) is 1. The van der Waals surface area contributed by atoms with E-state index < -0.39 is 0 Å². The number of hydrogen-bond donors (Lipinski definition) is 1. The number of aromatic nitrogens is 4. The number of thioether (sulfide) groups is 1. The number of methoxy groups -OCH3 is 1. The predicted octanol–water partition coefficient (Wildman–Crippen LogP) is 1.22. The van der Waals surface area contributed by atoms with E-state index in [4.69, 9.17) is 4.74 Å². The number of amides is 1. The minimum atomic E-state index is -0.0418. The molecule has 1 heterocycles. The number of rotatable bonds is 8. The number of nitrogens with one attached hydrogen (secondary N) is 1. The summed E-state index contributed by atoms with van der Waals surface area (Å²) in [6.45, 7) is 3.25. The number of nitrogens with zero attached hydrogens (tertiary/aromatic N) is 4. The summed E-state index contributed by atoms with van der Waals surface area (Å²) in [5.74, 6) is 0.235. The number of aryl methyl sites for hydroxylation is 1. The van der Waals surface area contributed by atoms with Crippen molar-refractivity contribution in [1.82, 2.24) is 25.5 Å². The van der Waals surface area contributed by atoms with E-state index in [1.807, 2.05) is 31.2 Å². The third-order valence-corrected chi connectivity index (χ3v) is 3.79. The van der Waals surface area contributed by atoms with Crippen LogP contribution in [0.25, 0.3) is 5.69 Å². The quantitative estimate of drug-likeness (QED) is 0.581. The molecule has 1 aromatic carbocycles. The first kappa shape index (κ1) is 16.4. The third kappa shape index (κ3) is 4.81. The smallest absolute Gasteiger partial charge is 0.230 e. The van der Waals surface area contributed by atoms with E-state index in [0.717, 1.165) is 17.7 Å². The Morgan fingerprint density at radius 3 is 3.09 bits per heavy atom. The topological polar surface area (TPSA) is 81.9 Å². The van der Waals surface area contributed by atoms with Gasteiger partial charge >= 0.3 is 0 Å². The summed E-state index contributed by atoms with van der Waals surface area (Å²) < 4.78 is 6.57. The first-order valence-electron chi connectivity index (χ1n) is 6.94.